The SMILES string of the molecule is COc1cc(Cl)cc(OC)c1S(=O)(=O)N(C)CCOCC(=O)N1CCC2(CCN(C)CC2)CC1. The fourth-order valence-electron chi connectivity index (χ4n) is 4.65. The summed E-state index contributed by atoms with van der Waals surface area (Å²) in [6.07, 6.45) is 4.48. The predicted molar refractivity (Wildman–Crippen MR) is 130 cm³/mol. The first kappa shape index (κ1) is 27.0. The van der Waals surface area contributed by atoms with Gasteiger partial charge < -0.3 is 24.0 Å². The normalized spacial score (nSPS) is 18.9. The number of carbonyl (C=O) groups excluding carboxylic acids is 1. The van der Waals surface area contributed by atoms with E-state index >= 15 is 0 Å². The summed E-state index contributed by atoms with van der Waals surface area (Å²) in [7, 11) is 2.41. The smallest absolute Gasteiger partial charge is 0.250 e. The Labute approximate surface area is 207 Å². The molecule has 1 aromatic rings. The second-order valence-electron chi connectivity index (χ2n) is 9.20. The molecular formula is C23H36ClN3O6S. The standard InChI is InChI=1S/C23H36ClN3O6S/c1-25-9-5-23(6-10-25)7-11-27(12-8-23)21(28)17-33-14-13-26(2)34(29,30)22-19(31-3)15-18(24)16-20(22)32-4/h15-16H,5-14,17H2,1-4H3. The van der Waals surface area contributed by atoms with E-state index in [0.717, 1.165) is 43.3 Å². The first-order valence-corrected chi connectivity index (χ1v) is 13.4. The molecule has 0 radical (unpaired) electrons. The van der Waals surface area contributed by atoms with Crippen molar-refractivity contribution in [2.75, 3.05) is 74.3 Å². The van der Waals surface area contributed by atoms with E-state index < -0.39 is 10.0 Å². The second-order valence-corrected chi connectivity index (χ2v) is 11.6. The van der Waals surface area contributed by atoms with Gasteiger partial charge in [0, 0.05) is 43.8 Å². The van der Waals surface area contributed by atoms with Crippen LogP contribution in [0.1, 0.15) is 25.7 Å². The lowest BCUT2D eigenvalue weighted by atomic mass is 9.71. The summed E-state index contributed by atoms with van der Waals surface area (Å²) in [5, 5.41) is 0.302. The van der Waals surface area contributed by atoms with Gasteiger partial charge in [-0.1, -0.05) is 11.6 Å². The van der Waals surface area contributed by atoms with E-state index in [0.29, 0.717) is 10.4 Å². The Morgan fingerprint density at radius 1 is 1.06 bits per heavy atom. The van der Waals surface area contributed by atoms with Gasteiger partial charge in [0.15, 0.2) is 4.90 Å². The number of sulfonamides is 1. The molecule has 9 nitrogen and oxygen atoms in total. The van der Waals surface area contributed by atoms with Crippen molar-refractivity contribution in [1.29, 1.82) is 0 Å². The lowest BCUT2D eigenvalue weighted by molar-refractivity contribution is -0.139. The van der Waals surface area contributed by atoms with E-state index in [1.165, 1.54) is 46.2 Å². The molecular weight excluding hydrogens is 482 g/mol. The van der Waals surface area contributed by atoms with Crippen molar-refractivity contribution < 1.29 is 27.4 Å². The molecule has 2 saturated heterocycles. The summed E-state index contributed by atoms with van der Waals surface area (Å²) >= 11 is 6.03. The van der Waals surface area contributed by atoms with Crippen molar-refractivity contribution in [3.05, 3.63) is 17.2 Å². The molecule has 2 aliphatic heterocycles. The Hall–Kier alpha value is -1.59. The zero-order chi connectivity index (χ0) is 24.9. The molecule has 0 unspecified atom stereocenters. The van der Waals surface area contributed by atoms with Crippen LogP contribution in [0.5, 0.6) is 11.5 Å². The van der Waals surface area contributed by atoms with Crippen LogP contribution in [0.4, 0.5) is 0 Å². The zero-order valence-corrected chi connectivity index (χ0v) is 22.1. The maximum absolute atomic E-state index is 13.1. The van der Waals surface area contributed by atoms with Crippen molar-refractivity contribution in [3.63, 3.8) is 0 Å². The van der Waals surface area contributed by atoms with Crippen molar-refractivity contribution in [2.45, 2.75) is 30.6 Å². The van der Waals surface area contributed by atoms with E-state index in [-0.39, 0.29) is 42.1 Å². The number of hydrogen-bond donors (Lipinski definition) is 0. The van der Waals surface area contributed by atoms with Crippen molar-refractivity contribution >= 4 is 27.5 Å². The van der Waals surface area contributed by atoms with Gasteiger partial charge in [-0.2, -0.15) is 4.31 Å². The topological polar surface area (TPSA) is 88.6 Å². The van der Waals surface area contributed by atoms with Gasteiger partial charge in [0.1, 0.15) is 18.1 Å². The number of halogens is 1. The summed E-state index contributed by atoms with van der Waals surface area (Å²) in [5.41, 5.74) is 0.380. The quantitative estimate of drug-likeness (QED) is 0.464. The van der Waals surface area contributed by atoms with Crippen LogP contribution < -0.4 is 9.47 Å². The minimum atomic E-state index is -3.94. The van der Waals surface area contributed by atoms with Crippen molar-refractivity contribution in [3.8, 4) is 11.5 Å². The highest BCUT2D eigenvalue weighted by Crippen LogP contribution is 2.41. The van der Waals surface area contributed by atoms with E-state index in [9.17, 15) is 13.2 Å². The molecule has 0 aromatic heterocycles. The van der Waals surface area contributed by atoms with Gasteiger partial charge in [0.05, 0.1) is 20.8 Å². The largest absolute Gasteiger partial charge is 0.495 e. The van der Waals surface area contributed by atoms with Crippen molar-refractivity contribution in [2.24, 2.45) is 5.41 Å². The molecule has 2 aliphatic rings. The highest BCUT2D eigenvalue weighted by Gasteiger charge is 2.37. The molecule has 11 heteroatoms. The molecule has 2 heterocycles. The number of methoxy groups -OCH3 is 2. The number of piperidine rings is 2. The maximum atomic E-state index is 13.1. The van der Waals surface area contributed by atoms with Gasteiger partial charge >= 0.3 is 0 Å². The summed E-state index contributed by atoms with van der Waals surface area (Å²) < 4.78 is 43.4. The molecule has 0 N–H and O–H groups in total. The average Bonchev–Trinajstić information content (AvgIpc) is 2.83. The molecule has 1 spiro atoms. The lowest BCUT2D eigenvalue weighted by Crippen LogP contribution is -2.48. The molecule has 1 amide bonds. The number of nitrogens with zero attached hydrogens (tertiary/aromatic N) is 3. The Morgan fingerprint density at radius 3 is 2.12 bits per heavy atom. The summed E-state index contributed by atoms with van der Waals surface area (Å²) in [6, 6.07) is 2.85. The van der Waals surface area contributed by atoms with Gasteiger partial charge in [-0.25, -0.2) is 8.42 Å². The van der Waals surface area contributed by atoms with Crippen LogP contribution in [0.15, 0.2) is 17.0 Å². The molecule has 0 saturated carbocycles. The molecule has 0 atom stereocenters. The van der Waals surface area contributed by atoms with E-state index in [1.807, 2.05) is 4.90 Å². The number of likely N-dealkylation sites (N-methyl/N-ethyl adjacent to an activating group) is 1. The van der Waals surface area contributed by atoms with E-state index in [1.54, 1.807) is 0 Å². The third-order valence-electron chi connectivity index (χ3n) is 7.09. The molecule has 3 rings (SSSR count). The Kier molecular flexibility index (Phi) is 9.08. The zero-order valence-electron chi connectivity index (χ0n) is 20.5. The number of rotatable bonds is 9. The average molecular weight is 518 g/mol. The number of likely N-dealkylation sites (tertiary alicyclic amines) is 2. The Bertz CT molecular complexity index is 930. The lowest BCUT2D eigenvalue weighted by Gasteiger charge is -2.46. The van der Waals surface area contributed by atoms with E-state index in [4.69, 9.17) is 25.8 Å². The molecule has 192 valence electrons. The maximum Gasteiger partial charge on any atom is 0.250 e. The monoisotopic (exact) mass is 517 g/mol. The van der Waals surface area contributed by atoms with Crippen LogP contribution in [0, 0.1) is 5.41 Å². The fraction of sp³-hybridized carbons (Fsp3) is 0.696. The highest BCUT2D eigenvalue weighted by molar-refractivity contribution is 7.89. The van der Waals surface area contributed by atoms with Crippen LogP contribution >= 0.6 is 11.6 Å². The van der Waals surface area contributed by atoms with Gasteiger partial charge in [0.2, 0.25) is 15.9 Å². The van der Waals surface area contributed by atoms with Gasteiger partial charge in [0.25, 0.3) is 0 Å². The summed E-state index contributed by atoms with van der Waals surface area (Å²) in [4.78, 5) is 16.7. The molecule has 1 aromatic carbocycles. The molecule has 34 heavy (non-hydrogen) atoms. The number of hydrogen-bond acceptors (Lipinski definition) is 7. The van der Waals surface area contributed by atoms with Gasteiger partial charge in [-0.05, 0) is 51.2 Å². The van der Waals surface area contributed by atoms with Crippen LogP contribution in [-0.4, -0.2) is 103 Å². The third kappa shape index (κ3) is 6.15. The summed E-state index contributed by atoms with van der Waals surface area (Å²) in [6.45, 7) is 3.87. The number of carbonyl (C=O) groups is 1. The number of amides is 1. The highest BCUT2D eigenvalue weighted by atomic mass is 35.5. The molecule has 0 aliphatic carbocycles. The molecule has 0 bridgehead atoms. The van der Waals surface area contributed by atoms with Crippen LogP contribution in [0.3, 0.4) is 0 Å². The van der Waals surface area contributed by atoms with Crippen LogP contribution in [0.2, 0.25) is 5.02 Å². The fourth-order valence-corrected chi connectivity index (χ4v) is 6.26. The number of benzene rings is 1. The minimum absolute atomic E-state index is 0.0469. The predicted octanol–water partition coefficient (Wildman–Crippen LogP) is 2.33. The second kappa shape index (κ2) is 11.4. The Morgan fingerprint density at radius 2 is 1.59 bits per heavy atom. The summed E-state index contributed by atoms with van der Waals surface area (Å²) in [5.74, 6) is 0.147. The minimum Gasteiger partial charge on any atom is -0.495 e. The van der Waals surface area contributed by atoms with Crippen molar-refractivity contribution in [1.82, 2.24) is 14.1 Å². The molecule has 2 fully saturated rings. The first-order chi connectivity index (χ1) is 16.1. The third-order valence-corrected chi connectivity index (χ3v) is 9.23. The van der Waals surface area contributed by atoms with Gasteiger partial charge in [-0.3, -0.25) is 4.79 Å². The van der Waals surface area contributed by atoms with Crippen LogP contribution in [-0.2, 0) is 19.6 Å². The Balaban J connectivity index is 1.48. The van der Waals surface area contributed by atoms with E-state index in [2.05, 4.69) is 11.9 Å². The number of ether oxygens (including phenoxy) is 3. The first-order valence-electron chi connectivity index (χ1n) is 11.5. The van der Waals surface area contributed by atoms with Gasteiger partial charge in [-0.15, -0.1) is 0 Å². The van der Waals surface area contributed by atoms with Crippen LogP contribution in [0.25, 0.3) is 0 Å².